The molecule has 120 valence electrons. The van der Waals surface area contributed by atoms with Gasteiger partial charge in [-0.2, -0.15) is 0 Å². The van der Waals surface area contributed by atoms with E-state index in [1.807, 2.05) is 0 Å². The van der Waals surface area contributed by atoms with Crippen molar-refractivity contribution in [2.45, 2.75) is 20.3 Å². The molecule has 1 aromatic rings. The zero-order chi connectivity index (χ0) is 15.0. The van der Waals surface area contributed by atoms with E-state index in [4.69, 9.17) is 10.5 Å². The van der Waals surface area contributed by atoms with Gasteiger partial charge in [0, 0.05) is 12.6 Å². The molecule has 0 aliphatic rings. The lowest BCUT2D eigenvalue weighted by molar-refractivity contribution is 0.319. The molecule has 21 heavy (non-hydrogen) atoms. The smallest absolute Gasteiger partial charge is 0.188 e. The Bertz CT molecular complexity index is 456. The van der Waals surface area contributed by atoms with Gasteiger partial charge >= 0.3 is 0 Å². The van der Waals surface area contributed by atoms with Crippen molar-refractivity contribution in [2.24, 2.45) is 16.6 Å². The number of hydrogen-bond donors (Lipinski definition) is 2. The molecular formula is C14H22F2IN3O. The standard InChI is InChI=1S/C14H21F2N3O.HI/c1-10(2)5-6-18-14(17)19-7-8-20-11-3-4-12(15)13(16)9-11;/h3-4,9-10H,5-8H2,1-2H3,(H3,17,18,19);1H. The van der Waals surface area contributed by atoms with Crippen LogP contribution in [-0.4, -0.2) is 25.7 Å². The zero-order valence-corrected chi connectivity index (χ0v) is 14.6. The van der Waals surface area contributed by atoms with E-state index in [2.05, 4.69) is 24.2 Å². The van der Waals surface area contributed by atoms with Gasteiger partial charge in [-0.1, -0.05) is 13.8 Å². The van der Waals surface area contributed by atoms with E-state index in [1.165, 1.54) is 6.07 Å². The molecule has 0 amide bonds. The molecule has 0 heterocycles. The Balaban J connectivity index is 0.00000400. The number of nitrogens with two attached hydrogens (primary N) is 1. The highest BCUT2D eigenvalue weighted by Gasteiger charge is 2.02. The van der Waals surface area contributed by atoms with Crippen LogP contribution in [-0.2, 0) is 0 Å². The van der Waals surface area contributed by atoms with Crippen LogP contribution < -0.4 is 15.8 Å². The van der Waals surface area contributed by atoms with E-state index >= 15 is 0 Å². The van der Waals surface area contributed by atoms with Crippen molar-refractivity contribution in [3.05, 3.63) is 29.8 Å². The molecular weight excluding hydrogens is 391 g/mol. The van der Waals surface area contributed by atoms with Crippen LogP contribution in [0, 0.1) is 17.6 Å². The first-order chi connectivity index (χ1) is 9.49. The molecule has 0 spiro atoms. The van der Waals surface area contributed by atoms with Crippen molar-refractivity contribution in [1.29, 1.82) is 0 Å². The number of rotatable bonds is 7. The predicted molar refractivity (Wildman–Crippen MR) is 91.2 cm³/mol. The largest absolute Gasteiger partial charge is 0.492 e. The lowest BCUT2D eigenvalue weighted by atomic mass is 10.1. The first-order valence-corrected chi connectivity index (χ1v) is 6.60. The average Bonchev–Trinajstić information content (AvgIpc) is 2.38. The highest BCUT2D eigenvalue weighted by atomic mass is 127. The Morgan fingerprint density at radius 2 is 2.05 bits per heavy atom. The number of nitrogens with one attached hydrogen (secondary N) is 1. The van der Waals surface area contributed by atoms with Gasteiger partial charge in [-0.05, 0) is 24.5 Å². The summed E-state index contributed by atoms with van der Waals surface area (Å²) >= 11 is 0. The Morgan fingerprint density at radius 3 is 2.67 bits per heavy atom. The summed E-state index contributed by atoms with van der Waals surface area (Å²) in [5, 5.41) is 2.89. The molecule has 0 atom stereocenters. The van der Waals surface area contributed by atoms with Crippen molar-refractivity contribution in [2.75, 3.05) is 19.7 Å². The highest BCUT2D eigenvalue weighted by Crippen LogP contribution is 2.14. The summed E-state index contributed by atoms with van der Waals surface area (Å²) in [4.78, 5) is 4.15. The molecule has 7 heteroatoms. The molecule has 0 radical (unpaired) electrons. The van der Waals surface area contributed by atoms with Crippen LogP contribution >= 0.6 is 24.0 Å². The summed E-state index contributed by atoms with van der Waals surface area (Å²) in [6.45, 7) is 5.64. The normalized spacial score (nSPS) is 11.2. The summed E-state index contributed by atoms with van der Waals surface area (Å²) in [7, 11) is 0. The zero-order valence-electron chi connectivity index (χ0n) is 12.2. The number of aliphatic imine (C=N–C) groups is 1. The fraction of sp³-hybridized carbons (Fsp3) is 0.500. The Kier molecular flexibility index (Phi) is 10.0. The lowest BCUT2D eigenvalue weighted by Crippen LogP contribution is -2.34. The second-order valence-electron chi connectivity index (χ2n) is 4.80. The van der Waals surface area contributed by atoms with Crippen LogP contribution in [0.3, 0.4) is 0 Å². The number of nitrogens with zero attached hydrogens (tertiary/aromatic N) is 1. The molecule has 0 fully saturated rings. The minimum absolute atomic E-state index is 0. The number of halogens is 3. The van der Waals surface area contributed by atoms with Gasteiger partial charge in [0.15, 0.2) is 17.6 Å². The van der Waals surface area contributed by atoms with Gasteiger partial charge in [0.1, 0.15) is 12.4 Å². The van der Waals surface area contributed by atoms with Crippen LogP contribution in [0.4, 0.5) is 8.78 Å². The minimum Gasteiger partial charge on any atom is -0.492 e. The van der Waals surface area contributed by atoms with E-state index in [1.54, 1.807) is 0 Å². The number of hydrogen-bond acceptors (Lipinski definition) is 2. The van der Waals surface area contributed by atoms with Gasteiger partial charge in [0.05, 0.1) is 6.54 Å². The van der Waals surface area contributed by atoms with E-state index in [0.717, 1.165) is 18.6 Å². The maximum atomic E-state index is 12.9. The van der Waals surface area contributed by atoms with Crippen molar-refractivity contribution >= 4 is 29.9 Å². The molecule has 0 saturated carbocycles. The SMILES string of the molecule is CC(C)CCN=C(N)NCCOc1ccc(F)c(F)c1.I. The summed E-state index contributed by atoms with van der Waals surface area (Å²) in [5.41, 5.74) is 5.66. The van der Waals surface area contributed by atoms with Gasteiger partial charge < -0.3 is 15.8 Å². The minimum atomic E-state index is -0.926. The fourth-order valence-corrected chi connectivity index (χ4v) is 1.41. The van der Waals surface area contributed by atoms with Crippen molar-refractivity contribution in [1.82, 2.24) is 5.32 Å². The Hall–Kier alpha value is -1.12. The Morgan fingerprint density at radius 1 is 1.33 bits per heavy atom. The fourth-order valence-electron chi connectivity index (χ4n) is 1.41. The van der Waals surface area contributed by atoms with Crippen LogP contribution in [0.15, 0.2) is 23.2 Å². The van der Waals surface area contributed by atoms with Crippen molar-refractivity contribution in [3.63, 3.8) is 0 Å². The number of ether oxygens (including phenoxy) is 1. The molecule has 3 N–H and O–H groups in total. The van der Waals surface area contributed by atoms with Crippen molar-refractivity contribution < 1.29 is 13.5 Å². The summed E-state index contributed by atoms with van der Waals surface area (Å²) in [6.07, 6.45) is 0.980. The molecule has 0 aromatic heterocycles. The lowest BCUT2D eigenvalue weighted by Gasteiger charge is -2.08. The van der Waals surface area contributed by atoms with Crippen LogP contribution in [0.5, 0.6) is 5.75 Å². The molecule has 0 unspecified atom stereocenters. The monoisotopic (exact) mass is 413 g/mol. The molecule has 0 saturated heterocycles. The van der Waals surface area contributed by atoms with Crippen molar-refractivity contribution in [3.8, 4) is 5.75 Å². The van der Waals surface area contributed by atoms with E-state index in [9.17, 15) is 8.78 Å². The predicted octanol–water partition coefficient (Wildman–Crippen LogP) is 2.91. The second-order valence-corrected chi connectivity index (χ2v) is 4.80. The van der Waals surface area contributed by atoms with Crippen LogP contribution in [0.25, 0.3) is 0 Å². The van der Waals surface area contributed by atoms with E-state index in [-0.39, 0.29) is 36.3 Å². The molecule has 0 aliphatic carbocycles. The average molecular weight is 413 g/mol. The number of benzene rings is 1. The molecule has 0 aliphatic heterocycles. The first-order valence-electron chi connectivity index (χ1n) is 6.60. The topological polar surface area (TPSA) is 59.6 Å². The molecule has 1 aromatic carbocycles. The maximum Gasteiger partial charge on any atom is 0.188 e. The maximum absolute atomic E-state index is 12.9. The summed E-state index contributed by atoms with van der Waals surface area (Å²) in [6, 6.07) is 3.41. The summed E-state index contributed by atoms with van der Waals surface area (Å²) < 4.78 is 30.9. The van der Waals surface area contributed by atoms with Gasteiger partial charge in [0.2, 0.25) is 0 Å². The van der Waals surface area contributed by atoms with Gasteiger partial charge in [-0.15, -0.1) is 24.0 Å². The third kappa shape index (κ3) is 8.69. The van der Waals surface area contributed by atoms with Gasteiger partial charge in [-0.3, -0.25) is 4.99 Å². The van der Waals surface area contributed by atoms with E-state index in [0.29, 0.717) is 25.0 Å². The van der Waals surface area contributed by atoms with Gasteiger partial charge in [0.25, 0.3) is 0 Å². The third-order valence-electron chi connectivity index (χ3n) is 2.56. The van der Waals surface area contributed by atoms with Crippen LogP contribution in [0.1, 0.15) is 20.3 Å². The Labute approximate surface area is 141 Å². The third-order valence-corrected chi connectivity index (χ3v) is 2.56. The molecule has 1 rings (SSSR count). The second kappa shape index (κ2) is 10.6. The number of guanidine groups is 1. The highest BCUT2D eigenvalue weighted by molar-refractivity contribution is 14.0. The quantitative estimate of drug-likeness (QED) is 0.313. The van der Waals surface area contributed by atoms with Gasteiger partial charge in [-0.25, -0.2) is 8.78 Å². The first kappa shape index (κ1) is 19.9. The molecule has 0 bridgehead atoms. The molecule has 4 nitrogen and oxygen atoms in total. The van der Waals surface area contributed by atoms with E-state index < -0.39 is 11.6 Å². The summed E-state index contributed by atoms with van der Waals surface area (Å²) in [5.74, 6) is -0.592. The van der Waals surface area contributed by atoms with Crippen LogP contribution in [0.2, 0.25) is 0 Å².